The molecule has 9 rings (SSSR count). The van der Waals surface area contributed by atoms with Crippen LogP contribution in [0.15, 0.2) is 42.5 Å². The second kappa shape index (κ2) is 14.2. The molecule has 0 spiro atoms. The van der Waals surface area contributed by atoms with Gasteiger partial charge in [0.15, 0.2) is 0 Å². The molecule has 284 valence electrons. The number of aryl methyl sites for hydroxylation is 4. The molecule has 1 aliphatic carbocycles. The Hall–Kier alpha value is -6.32. The van der Waals surface area contributed by atoms with Gasteiger partial charge in [0.05, 0.1) is 33.5 Å². The molecular weight excluding hydrogens is 701 g/mol. The Bertz CT molecular complexity index is 2510. The van der Waals surface area contributed by atoms with Crippen LogP contribution in [0.5, 0.6) is 0 Å². The lowest BCUT2D eigenvalue weighted by Crippen LogP contribution is -2.26. The lowest BCUT2D eigenvalue weighted by molar-refractivity contribution is 0.0992. The second-order valence-corrected chi connectivity index (χ2v) is 14.6. The Balaban J connectivity index is 1.23. The van der Waals surface area contributed by atoms with Crippen molar-refractivity contribution in [2.45, 2.75) is 97.3 Å². The Labute approximate surface area is 316 Å². The summed E-state index contributed by atoms with van der Waals surface area (Å²) < 4.78 is 7.60. The number of aromatic nitrogens is 8. The summed E-state index contributed by atoms with van der Waals surface area (Å²) in [6.07, 6.45) is 5.84. The number of carbonyl (C=O) groups is 4. The summed E-state index contributed by atoms with van der Waals surface area (Å²) in [4.78, 5) is 62.2. The van der Waals surface area contributed by atoms with Gasteiger partial charge in [0.2, 0.25) is 23.7 Å². The van der Waals surface area contributed by atoms with Crippen LogP contribution in [-0.4, -0.2) is 62.3 Å². The highest BCUT2D eigenvalue weighted by Crippen LogP contribution is 2.41. The second-order valence-electron chi connectivity index (χ2n) is 14.6. The molecule has 2 bridgehead atoms. The maximum Gasteiger partial charge on any atom is 0.276 e. The lowest BCUT2D eigenvalue weighted by Gasteiger charge is -2.32. The number of primary amides is 2. The smallest absolute Gasteiger partial charge is 0.276 e. The molecule has 6 N–H and O–H groups in total. The van der Waals surface area contributed by atoms with Crippen molar-refractivity contribution in [2.75, 3.05) is 10.6 Å². The number of rotatable bonds is 3. The first kappa shape index (κ1) is 35.7. The number of imidazole rings is 2. The molecule has 2 aromatic carbocycles. The third kappa shape index (κ3) is 6.50. The van der Waals surface area contributed by atoms with Crippen molar-refractivity contribution in [1.29, 1.82) is 0 Å². The van der Waals surface area contributed by atoms with Crippen molar-refractivity contribution >= 4 is 57.6 Å². The van der Waals surface area contributed by atoms with Crippen molar-refractivity contribution < 1.29 is 19.2 Å². The average molecular weight is 745 g/mol. The molecule has 0 unspecified atom stereocenters. The minimum atomic E-state index is -0.564. The normalized spacial score (nSPS) is 18.2. The summed E-state index contributed by atoms with van der Waals surface area (Å²) in [5, 5.41) is 15.6. The van der Waals surface area contributed by atoms with E-state index in [4.69, 9.17) is 26.5 Å². The number of nitrogens with zero attached hydrogens (tertiary/aromatic N) is 8. The summed E-state index contributed by atoms with van der Waals surface area (Å²) in [7, 11) is 0. The van der Waals surface area contributed by atoms with E-state index in [2.05, 4.69) is 20.3 Å². The van der Waals surface area contributed by atoms with Gasteiger partial charge in [-0.1, -0.05) is 6.42 Å². The molecule has 4 aromatic heterocycles. The monoisotopic (exact) mass is 744 g/mol. The van der Waals surface area contributed by atoms with E-state index in [0.717, 1.165) is 47.2 Å². The fraction of sp³-hybridized carbons (Fsp3) is 0.385. The van der Waals surface area contributed by atoms with Crippen molar-refractivity contribution in [3.8, 4) is 0 Å². The molecule has 2 aliphatic heterocycles. The van der Waals surface area contributed by atoms with Crippen LogP contribution in [0.2, 0.25) is 0 Å². The molecule has 0 radical (unpaired) electrons. The van der Waals surface area contributed by atoms with E-state index in [1.54, 1.807) is 39.7 Å². The van der Waals surface area contributed by atoms with E-state index < -0.39 is 11.8 Å². The highest BCUT2D eigenvalue weighted by molar-refractivity contribution is 6.05. The number of hydrogen-bond acceptors (Lipinski definition) is 8. The Morgan fingerprint density at radius 2 is 1.33 bits per heavy atom. The van der Waals surface area contributed by atoms with Gasteiger partial charge in [0, 0.05) is 41.9 Å². The average Bonchev–Trinajstić information content (AvgIpc) is 3.91. The number of nitrogens with two attached hydrogens (primary N) is 2. The SMILES string of the molecule is CCn1nc(C)c2c1C(=O)Nc1nc3cc(C(N)=O)ccc3n1C1CCC(CC1)n1c(nc3cc(C(N)=O)ccc31)NC(=O)c1cc(C)nn1CCCCC2. The van der Waals surface area contributed by atoms with E-state index in [1.807, 2.05) is 37.5 Å². The first-order chi connectivity index (χ1) is 26.5. The molecule has 16 heteroatoms. The van der Waals surface area contributed by atoms with Crippen molar-refractivity contribution in [1.82, 2.24) is 38.7 Å². The largest absolute Gasteiger partial charge is 0.366 e. The Morgan fingerprint density at radius 3 is 1.87 bits per heavy atom. The number of anilines is 2. The van der Waals surface area contributed by atoms with Crippen molar-refractivity contribution in [3.05, 3.63) is 81.9 Å². The standard InChI is InChI=1S/C39H44N12O4/c1-4-48-33-27(22(3)47-48)8-6-5-7-17-49-32(18-21(2)46-49)36(54)44-38-42-28-19-23(34(40)52)9-15-30(28)50(38)25-11-13-26(14-12-25)51-31-16-10-24(35(41)53)20-29(31)43-39(51)45-37(33)55/h9-10,15-16,18-20,25-26H,4-8,11-14,17H2,1-3H3,(H2,40,52)(H2,41,53)(H,42,44,54)(H,43,45,55). The van der Waals surface area contributed by atoms with Gasteiger partial charge in [-0.25, -0.2) is 9.97 Å². The quantitative estimate of drug-likeness (QED) is 0.188. The topological polar surface area (TPSA) is 216 Å². The van der Waals surface area contributed by atoms with Crippen LogP contribution in [0.4, 0.5) is 11.9 Å². The summed E-state index contributed by atoms with van der Waals surface area (Å²) in [5.74, 6) is -0.992. The number of carbonyl (C=O) groups excluding carboxylic acids is 4. The molecular formula is C39H44N12O4. The van der Waals surface area contributed by atoms with Gasteiger partial charge >= 0.3 is 0 Å². The van der Waals surface area contributed by atoms with Gasteiger partial charge in [0.25, 0.3) is 11.8 Å². The number of fused-ring (bicyclic) bond motifs is 10. The lowest BCUT2D eigenvalue weighted by atomic mass is 9.90. The molecule has 0 saturated heterocycles. The fourth-order valence-electron chi connectivity index (χ4n) is 8.36. The van der Waals surface area contributed by atoms with Crippen molar-refractivity contribution in [2.24, 2.45) is 11.5 Å². The van der Waals surface area contributed by atoms with Crippen LogP contribution in [0.25, 0.3) is 22.1 Å². The molecule has 1 fully saturated rings. The Morgan fingerprint density at radius 1 is 0.764 bits per heavy atom. The van der Waals surface area contributed by atoms with Crippen LogP contribution < -0.4 is 22.1 Å². The van der Waals surface area contributed by atoms with Gasteiger partial charge in [-0.05, 0) is 108 Å². The van der Waals surface area contributed by atoms with Gasteiger partial charge in [-0.2, -0.15) is 10.2 Å². The zero-order valence-electron chi connectivity index (χ0n) is 31.1. The molecule has 4 amide bonds. The van der Waals surface area contributed by atoms with E-state index in [1.165, 1.54) is 0 Å². The number of amides is 4. The van der Waals surface area contributed by atoms with Crippen molar-refractivity contribution in [3.63, 3.8) is 0 Å². The summed E-state index contributed by atoms with van der Waals surface area (Å²) in [5.41, 5.74) is 17.9. The van der Waals surface area contributed by atoms with Crippen LogP contribution in [0.1, 0.15) is 123 Å². The molecule has 1 saturated carbocycles. The van der Waals surface area contributed by atoms with E-state index in [-0.39, 0.29) is 23.9 Å². The van der Waals surface area contributed by atoms with Gasteiger partial charge in [0.1, 0.15) is 11.4 Å². The third-order valence-electron chi connectivity index (χ3n) is 11.0. The first-order valence-electron chi connectivity index (χ1n) is 18.9. The van der Waals surface area contributed by atoms with Gasteiger partial charge < -0.3 is 20.6 Å². The van der Waals surface area contributed by atoms with Crippen LogP contribution in [-0.2, 0) is 19.5 Å². The van der Waals surface area contributed by atoms with Gasteiger partial charge in [-0.3, -0.25) is 39.2 Å². The summed E-state index contributed by atoms with van der Waals surface area (Å²) in [6.45, 7) is 6.81. The zero-order chi connectivity index (χ0) is 38.5. The number of nitrogens with one attached hydrogen (secondary N) is 2. The maximum absolute atomic E-state index is 14.3. The predicted octanol–water partition coefficient (Wildman–Crippen LogP) is 5.20. The highest BCUT2D eigenvalue weighted by atomic mass is 16.2. The summed E-state index contributed by atoms with van der Waals surface area (Å²) >= 11 is 0. The molecule has 16 nitrogen and oxygen atoms in total. The predicted molar refractivity (Wildman–Crippen MR) is 206 cm³/mol. The molecule has 0 atom stereocenters. The number of hydrogen-bond donors (Lipinski definition) is 4. The fourth-order valence-corrected chi connectivity index (χ4v) is 8.36. The minimum Gasteiger partial charge on any atom is -0.366 e. The molecule has 55 heavy (non-hydrogen) atoms. The van der Waals surface area contributed by atoms with Crippen LogP contribution >= 0.6 is 0 Å². The maximum atomic E-state index is 14.3. The molecule has 6 aromatic rings. The highest BCUT2D eigenvalue weighted by Gasteiger charge is 2.32. The van der Waals surface area contributed by atoms with Gasteiger partial charge in [-0.15, -0.1) is 0 Å². The Kier molecular flexibility index (Phi) is 9.19. The third-order valence-corrected chi connectivity index (χ3v) is 11.0. The minimum absolute atomic E-state index is 0.0598. The van der Waals surface area contributed by atoms with E-state index in [9.17, 15) is 19.2 Å². The summed E-state index contributed by atoms with van der Waals surface area (Å²) in [6, 6.07) is 12.0. The van der Waals surface area contributed by atoms with Crippen LogP contribution in [0.3, 0.4) is 0 Å². The molecule has 3 aliphatic rings. The number of benzene rings is 2. The van der Waals surface area contributed by atoms with E-state index in [0.29, 0.717) is 90.6 Å². The molecule has 6 heterocycles. The first-order valence-corrected chi connectivity index (χ1v) is 18.9. The zero-order valence-corrected chi connectivity index (χ0v) is 31.1. The van der Waals surface area contributed by atoms with E-state index >= 15 is 0 Å². The van der Waals surface area contributed by atoms with Crippen LogP contribution in [0, 0.1) is 13.8 Å².